The molecule has 0 saturated carbocycles. The van der Waals surface area contributed by atoms with Crippen LogP contribution in [0.4, 0.5) is 0 Å². The Morgan fingerprint density at radius 1 is 1.38 bits per heavy atom. The molecule has 0 amide bonds. The first-order valence-electron chi connectivity index (χ1n) is 8.35. The van der Waals surface area contributed by atoms with Crippen molar-refractivity contribution in [3.63, 3.8) is 0 Å². The van der Waals surface area contributed by atoms with E-state index in [0.29, 0.717) is 12.6 Å². The molecule has 3 rings (SSSR count). The van der Waals surface area contributed by atoms with Crippen molar-refractivity contribution in [1.82, 2.24) is 4.90 Å². The normalized spacial score (nSPS) is 37.8. The van der Waals surface area contributed by atoms with Gasteiger partial charge in [-0.05, 0) is 39.2 Å². The summed E-state index contributed by atoms with van der Waals surface area (Å²) in [6, 6.07) is 0.526. The molecule has 0 radical (unpaired) electrons. The summed E-state index contributed by atoms with van der Waals surface area (Å²) in [6.07, 6.45) is 5.18. The molecule has 0 bridgehead atoms. The highest BCUT2D eigenvalue weighted by Crippen LogP contribution is 2.36. The van der Waals surface area contributed by atoms with E-state index in [1.807, 2.05) is 6.92 Å². The van der Waals surface area contributed by atoms with Gasteiger partial charge in [0.05, 0.1) is 24.7 Å². The van der Waals surface area contributed by atoms with Crippen molar-refractivity contribution in [3.05, 3.63) is 0 Å². The van der Waals surface area contributed by atoms with Crippen LogP contribution in [0.1, 0.15) is 39.0 Å². The van der Waals surface area contributed by atoms with E-state index < -0.39 is 0 Å². The first kappa shape index (κ1) is 15.3. The van der Waals surface area contributed by atoms with Crippen LogP contribution < -0.4 is 0 Å². The van der Waals surface area contributed by atoms with Crippen molar-refractivity contribution in [3.8, 4) is 0 Å². The molecule has 3 saturated heterocycles. The fraction of sp³-hybridized carbons (Fsp3) is 0.938. The van der Waals surface area contributed by atoms with Gasteiger partial charge in [0, 0.05) is 32.2 Å². The van der Waals surface area contributed by atoms with E-state index in [2.05, 4.69) is 4.90 Å². The molecule has 3 atom stereocenters. The maximum Gasteiger partial charge on any atom is 0.310 e. The molecule has 3 heterocycles. The minimum atomic E-state index is -0.0558. The molecular formula is C16H27NO4. The van der Waals surface area contributed by atoms with Gasteiger partial charge in [0.15, 0.2) is 0 Å². The van der Waals surface area contributed by atoms with E-state index in [9.17, 15) is 4.79 Å². The standard InChI is InChI=1S/C16H27NO4/c1-2-20-15(18)13-4-3-7-17(11-13)14-5-8-21-16(10-14)6-9-19-12-16/h13-14H,2-12H2,1H3/t13-,14?,16?/m1/s1. The first-order valence-corrected chi connectivity index (χ1v) is 8.35. The summed E-state index contributed by atoms with van der Waals surface area (Å²) in [4.78, 5) is 14.5. The number of esters is 1. The molecule has 120 valence electrons. The molecule has 3 aliphatic rings. The molecule has 21 heavy (non-hydrogen) atoms. The van der Waals surface area contributed by atoms with Gasteiger partial charge in [-0.15, -0.1) is 0 Å². The SMILES string of the molecule is CCOC(=O)[C@@H]1CCCN(C2CCOC3(CCOC3)C2)C1. The van der Waals surface area contributed by atoms with Crippen molar-refractivity contribution >= 4 is 5.97 Å². The highest BCUT2D eigenvalue weighted by Gasteiger charge is 2.43. The smallest absolute Gasteiger partial charge is 0.310 e. The third-order valence-electron chi connectivity index (χ3n) is 5.12. The Morgan fingerprint density at radius 3 is 3.05 bits per heavy atom. The van der Waals surface area contributed by atoms with Gasteiger partial charge in [-0.2, -0.15) is 0 Å². The molecular weight excluding hydrogens is 270 g/mol. The van der Waals surface area contributed by atoms with Crippen LogP contribution in [0.5, 0.6) is 0 Å². The van der Waals surface area contributed by atoms with Gasteiger partial charge < -0.3 is 14.2 Å². The van der Waals surface area contributed by atoms with Crippen LogP contribution in [0.15, 0.2) is 0 Å². The molecule has 2 unspecified atom stereocenters. The molecule has 0 aromatic heterocycles. The Balaban J connectivity index is 1.59. The fourth-order valence-corrected chi connectivity index (χ4v) is 3.97. The van der Waals surface area contributed by atoms with Gasteiger partial charge in [-0.3, -0.25) is 9.69 Å². The van der Waals surface area contributed by atoms with E-state index in [1.165, 1.54) is 0 Å². The number of carbonyl (C=O) groups excluding carboxylic acids is 1. The lowest BCUT2D eigenvalue weighted by molar-refractivity contribution is -0.151. The van der Waals surface area contributed by atoms with Gasteiger partial charge in [0.1, 0.15) is 0 Å². The van der Waals surface area contributed by atoms with Crippen LogP contribution in [0.2, 0.25) is 0 Å². The summed E-state index contributed by atoms with van der Waals surface area (Å²) in [5.41, 5.74) is -0.0558. The quantitative estimate of drug-likeness (QED) is 0.741. The molecule has 5 heteroatoms. The predicted octanol–water partition coefficient (Wildman–Crippen LogP) is 1.60. The monoisotopic (exact) mass is 297 g/mol. The second-order valence-corrected chi connectivity index (χ2v) is 6.57. The fourth-order valence-electron chi connectivity index (χ4n) is 3.97. The summed E-state index contributed by atoms with van der Waals surface area (Å²) in [5.74, 6) is 0.0329. The number of nitrogens with zero attached hydrogens (tertiary/aromatic N) is 1. The molecule has 1 spiro atoms. The zero-order valence-corrected chi connectivity index (χ0v) is 13.0. The summed E-state index contributed by atoms with van der Waals surface area (Å²) in [7, 11) is 0. The Morgan fingerprint density at radius 2 is 2.29 bits per heavy atom. The topological polar surface area (TPSA) is 48.0 Å². The van der Waals surface area contributed by atoms with Gasteiger partial charge >= 0.3 is 5.97 Å². The van der Waals surface area contributed by atoms with Crippen LogP contribution in [0, 0.1) is 5.92 Å². The molecule has 3 aliphatic heterocycles. The number of likely N-dealkylation sites (tertiary alicyclic amines) is 1. The lowest BCUT2D eigenvalue weighted by Crippen LogP contribution is -2.52. The van der Waals surface area contributed by atoms with Gasteiger partial charge in [-0.1, -0.05) is 0 Å². The lowest BCUT2D eigenvalue weighted by atomic mass is 9.87. The van der Waals surface area contributed by atoms with Crippen LogP contribution in [-0.2, 0) is 19.0 Å². The maximum atomic E-state index is 12.0. The Hall–Kier alpha value is -0.650. The van der Waals surface area contributed by atoms with E-state index >= 15 is 0 Å². The number of ether oxygens (including phenoxy) is 3. The number of hydrogen-bond acceptors (Lipinski definition) is 5. The third kappa shape index (κ3) is 3.41. The molecule has 3 fully saturated rings. The van der Waals surface area contributed by atoms with E-state index in [-0.39, 0.29) is 17.5 Å². The van der Waals surface area contributed by atoms with Gasteiger partial charge in [0.25, 0.3) is 0 Å². The summed E-state index contributed by atoms with van der Waals surface area (Å²) in [5, 5.41) is 0. The predicted molar refractivity (Wildman–Crippen MR) is 78.1 cm³/mol. The zero-order valence-electron chi connectivity index (χ0n) is 13.0. The minimum absolute atomic E-state index is 0.0202. The Kier molecular flexibility index (Phi) is 4.82. The molecule has 5 nitrogen and oxygen atoms in total. The second kappa shape index (κ2) is 6.63. The molecule has 0 aromatic rings. The van der Waals surface area contributed by atoms with E-state index in [1.54, 1.807) is 0 Å². The number of rotatable bonds is 3. The lowest BCUT2D eigenvalue weighted by Gasteiger charge is -2.44. The molecule has 0 aromatic carbocycles. The van der Waals surface area contributed by atoms with E-state index in [4.69, 9.17) is 14.2 Å². The summed E-state index contributed by atoms with van der Waals surface area (Å²) < 4.78 is 16.8. The highest BCUT2D eigenvalue weighted by molar-refractivity contribution is 5.72. The van der Waals surface area contributed by atoms with Gasteiger partial charge in [-0.25, -0.2) is 0 Å². The number of piperidine rings is 1. The van der Waals surface area contributed by atoms with Crippen LogP contribution in [0.25, 0.3) is 0 Å². The average Bonchev–Trinajstić information content (AvgIpc) is 2.95. The van der Waals surface area contributed by atoms with Crippen LogP contribution >= 0.6 is 0 Å². The molecule has 0 N–H and O–H groups in total. The van der Waals surface area contributed by atoms with Crippen molar-refractivity contribution in [1.29, 1.82) is 0 Å². The van der Waals surface area contributed by atoms with Crippen molar-refractivity contribution in [2.45, 2.75) is 50.7 Å². The maximum absolute atomic E-state index is 12.0. The number of carbonyl (C=O) groups is 1. The van der Waals surface area contributed by atoms with Crippen molar-refractivity contribution in [2.75, 3.05) is 39.5 Å². The van der Waals surface area contributed by atoms with Gasteiger partial charge in [0.2, 0.25) is 0 Å². The summed E-state index contributed by atoms with van der Waals surface area (Å²) >= 11 is 0. The Labute approximate surface area is 126 Å². The van der Waals surface area contributed by atoms with Crippen molar-refractivity contribution < 1.29 is 19.0 Å². The second-order valence-electron chi connectivity index (χ2n) is 6.57. The summed E-state index contributed by atoms with van der Waals surface area (Å²) in [6.45, 7) is 6.66. The Bertz CT molecular complexity index is 367. The van der Waals surface area contributed by atoms with Crippen molar-refractivity contribution in [2.24, 2.45) is 5.92 Å². The number of hydrogen-bond donors (Lipinski definition) is 0. The van der Waals surface area contributed by atoms with Crippen LogP contribution in [0.3, 0.4) is 0 Å². The highest BCUT2D eigenvalue weighted by atomic mass is 16.6. The van der Waals surface area contributed by atoms with E-state index in [0.717, 1.165) is 65.0 Å². The average molecular weight is 297 g/mol. The first-order chi connectivity index (χ1) is 10.2. The third-order valence-corrected chi connectivity index (χ3v) is 5.12. The molecule has 0 aliphatic carbocycles. The minimum Gasteiger partial charge on any atom is -0.466 e. The largest absolute Gasteiger partial charge is 0.466 e. The zero-order chi connectivity index (χ0) is 14.7. The van der Waals surface area contributed by atoms with Crippen LogP contribution in [-0.4, -0.2) is 62.0 Å².